The van der Waals surface area contributed by atoms with Crippen LogP contribution in [0.3, 0.4) is 0 Å². The normalized spacial score (nSPS) is 10.7. The number of hydrogen-bond acceptors (Lipinski definition) is 4. The van der Waals surface area contributed by atoms with Crippen molar-refractivity contribution < 1.29 is 19.1 Å². The van der Waals surface area contributed by atoms with Gasteiger partial charge in [-0.1, -0.05) is 0 Å². The van der Waals surface area contributed by atoms with Crippen molar-refractivity contribution in [1.29, 1.82) is 0 Å². The van der Waals surface area contributed by atoms with E-state index < -0.39 is 11.7 Å². The quantitative estimate of drug-likeness (QED) is 0.799. The van der Waals surface area contributed by atoms with E-state index in [0.717, 1.165) is 0 Å². The second-order valence-corrected chi connectivity index (χ2v) is 4.00. The molecule has 1 heterocycles. The third-order valence-electron chi connectivity index (χ3n) is 2.62. The lowest BCUT2D eigenvalue weighted by molar-refractivity contribution is -0.136. The summed E-state index contributed by atoms with van der Waals surface area (Å²) >= 11 is 0. The van der Waals surface area contributed by atoms with Gasteiger partial charge in [0.2, 0.25) is 0 Å². The maximum absolute atomic E-state index is 11.8. The van der Waals surface area contributed by atoms with E-state index in [-0.39, 0.29) is 18.6 Å². The van der Waals surface area contributed by atoms with E-state index in [1.807, 2.05) is 0 Å². The van der Waals surface area contributed by atoms with Crippen LogP contribution in [0, 0.1) is 6.92 Å². The van der Waals surface area contributed by atoms with Crippen LogP contribution in [0.1, 0.15) is 28.8 Å². The molecule has 0 aliphatic heterocycles. The van der Waals surface area contributed by atoms with Crippen molar-refractivity contribution in [3.63, 3.8) is 0 Å². The van der Waals surface area contributed by atoms with Crippen LogP contribution in [0.4, 0.5) is 0 Å². The van der Waals surface area contributed by atoms with Crippen LogP contribution in [-0.2, 0) is 4.79 Å². The fourth-order valence-corrected chi connectivity index (χ4v) is 1.75. The Morgan fingerprint density at radius 1 is 1.33 bits per heavy atom. The first kappa shape index (κ1) is 12.1. The number of carbonyl (C=O) groups excluding carboxylic acids is 1. The summed E-state index contributed by atoms with van der Waals surface area (Å²) in [5.41, 5.74) is 1.91. The van der Waals surface area contributed by atoms with E-state index in [1.54, 1.807) is 13.0 Å². The number of Topliss-reactive ketones (excluding diaryl/α,β-unsaturated/α-hetero) is 1. The molecule has 18 heavy (non-hydrogen) atoms. The first-order valence-electron chi connectivity index (χ1n) is 5.36. The molecule has 0 aliphatic carbocycles. The number of benzene rings is 1. The fourth-order valence-electron chi connectivity index (χ4n) is 1.75. The van der Waals surface area contributed by atoms with E-state index in [4.69, 9.17) is 9.52 Å². The molecule has 2 rings (SSSR count). The Bertz CT molecular complexity index is 679. The number of carboxylic acid groups (broad SMARTS) is 1. The van der Waals surface area contributed by atoms with Crippen LogP contribution < -0.4 is 5.76 Å². The highest BCUT2D eigenvalue weighted by Crippen LogP contribution is 2.19. The van der Waals surface area contributed by atoms with Gasteiger partial charge >= 0.3 is 11.7 Å². The molecule has 0 fully saturated rings. The summed E-state index contributed by atoms with van der Waals surface area (Å²) in [5, 5.41) is 8.52. The zero-order chi connectivity index (χ0) is 13.3. The standard InChI is InChI=1S/C12H11NO5/c1-6-4-7(8(14)2-3-10(15)16)5-9-11(6)13-12(17)18-9/h4-5H,2-3H2,1H3,(H,13,17)(H,15,16). The predicted octanol–water partition coefficient (Wildman–Crippen LogP) is 1.48. The topological polar surface area (TPSA) is 100 Å². The Hall–Kier alpha value is -2.37. The number of nitrogens with one attached hydrogen (secondary N) is 1. The summed E-state index contributed by atoms with van der Waals surface area (Å²) in [6.07, 6.45) is -0.290. The lowest BCUT2D eigenvalue weighted by Crippen LogP contribution is -2.04. The minimum absolute atomic E-state index is 0.0745. The molecule has 2 aromatic rings. The molecule has 0 aliphatic rings. The molecule has 1 aromatic heterocycles. The van der Waals surface area contributed by atoms with Crippen LogP contribution in [-0.4, -0.2) is 21.8 Å². The largest absolute Gasteiger partial charge is 0.481 e. The van der Waals surface area contributed by atoms with Crippen molar-refractivity contribution in [3.8, 4) is 0 Å². The highest BCUT2D eigenvalue weighted by Gasteiger charge is 2.12. The van der Waals surface area contributed by atoms with Crippen LogP contribution in [0.2, 0.25) is 0 Å². The average molecular weight is 249 g/mol. The Kier molecular flexibility index (Phi) is 3.01. The third kappa shape index (κ3) is 2.32. The fraction of sp³-hybridized carbons (Fsp3) is 0.250. The number of fused-ring (bicyclic) bond motifs is 1. The molecule has 94 valence electrons. The number of ketones is 1. The van der Waals surface area contributed by atoms with Gasteiger partial charge in [-0.05, 0) is 24.6 Å². The number of aryl methyl sites for hydroxylation is 1. The lowest BCUT2D eigenvalue weighted by Gasteiger charge is -2.01. The van der Waals surface area contributed by atoms with Gasteiger partial charge in [0.05, 0.1) is 11.9 Å². The van der Waals surface area contributed by atoms with Crippen molar-refractivity contribution in [1.82, 2.24) is 4.98 Å². The average Bonchev–Trinajstić information content (AvgIpc) is 2.67. The molecule has 0 amide bonds. The van der Waals surface area contributed by atoms with Crippen molar-refractivity contribution in [2.45, 2.75) is 19.8 Å². The van der Waals surface area contributed by atoms with Gasteiger partial charge in [-0.2, -0.15) is 0 Å². The van der Waals surface area contributed by atoms with Gasteiger partial charge in [-0.15, -0.1) is 0 Å². The van der Waals surface area contributed by atoms with Gasteiger partial charge < -0.3 is 9.52 Å². The zero-order valence-corrected chi connectivity index (χ0v) is 9.65. The van der Waals surface area contributed by atoms with E-state index in [1.165, 1.54) is 6.07 Å². The molecule has 0 spiro atoms. The Labute approximate surface area is 101 Å². The molecule has 0 saturated carbocycles. The van der Waals surface area contributed by atoms with Crippen molar-refractivity contribution in [3.05, 3.63) is 33.8 Å². The molecule has 0 saturated heterocycles. The first-order valence-corrected chi connectivity index (χ1v) is 5.36. The van der Waals surface area contributed by atoms with Gasteiger partial charge in [-0.25, -0.2) is 4.79 Å². The van der Waals surface area contributed by atoms with Gasteiger partial charge in [0, 0.05) is 12.0 Å². The van der Waals surface area contributed by atoms with Crippen LogP contribution in [0.25, 0.3) is 11.1 Å². The molecular weight excluding hydrogens is 238 g/mol. The Morgan fingerprint density at radius 3 is 2.72 bits per heavy atom. The number of carboxylic acids is 1. The monoisotopic (exact) mass is 249 g/mol. The molecule has 0 unspecified atom stereocenters. The van der Waals surface area contributed by atoms with E-state index in [0.29, 0.717) is 22.2 Å². The lowest BCUT2D eigenvalue weighted by atomic mass is 10.0. The molecule has 0 bridgehead atoms. The Balaban J connectivity index is 2.36. The number of hydrogen-bond donors (Lipinski definition) is 2. The second kappa shape index (κ2) is 4.48. The zero-order valence-electron chi connectivity index (χ0n) is 9.65. The van der Waals surface area contributed by atoms with Crippen molar-refractivity contribution in [2.75, 3.05) is 0 Å². The highest BCUT2D eigenvalue weighted by molar-refractivity contribution is 6.00. The molecule has 0 radical (unpaired) electrons. The smallest absolute Gasteiger partial charge is 0.417 e. The number of aliphatic carboxylic acids is 1. The van der Waals surface area contributed by atoms with Gasteiger partial charge in [-0.3, -0.25) is 14.6 Å². The minimum atomic E-state index is -1.02. The summed E-state index contributed by atoms with van der Waals surface area (Å²) in [6.45, 7) is 1.74. The maximum Gasteiger partial charge on any atom is 0.417 e. The predicted molar refractivity (Wildman–Crippen MR) is 62.8 cm³/mol. The molecule has 6 heteroatoms. The second-order valence-electron chi connectivity index (χ2n) is 4.00. The van der Waals surface area contributed by atoms with Crippen molar-refractivity contribution >= 4 is 22.9 Å². The summed E-state index contributed by atoms with van der Waals surface area (Å²) < 4.78 is 4.89. The number of aromatic nitrogens is 1. The van der Waals surface area contributed by atoms with E-state index in [2.05, 4.69) is 4.98 Å². The summed E-state index contributed by atoms with van der Waals surface area (Å²) in [4.78, 5) is 35.7. The van der Waals surface area contributed by atoms with E-state index >= 15 is 0 Å². The number of rotatable bonds is 4. The molecule has 6 nitrogen and oxygen atoms in total. The molecule has 2 N–H and O–H groups in total. The molecule has 0 atom stereocenters. The van der Waals surface area contributed by atoms with Crippen LogP contribution in [0.15, 0.2) is 21.3 Å². The van der Waals surface area contributed by atoms with Gasteiger partial charge in [0.25, 0.3) is 0 Å². The van der Waals surface area contributed by atoms with Crippen LogP contribution >= 0.6 is 0 Å². The van der Waals surface area contributed by atoms with Crippen LogP contribution in [0.5, 0.6) is 0 Å². The number of H-pyrrole nitrogens is 1. The first-order chi connectivity index (χ1) is 8.47. The van der Waals surface area contributed by atoms with E-state index in [9.17, 15) is 14.4 Å². The number of carbonyl (C=O) groups is 2. The van der Waals surface area contributed by atoms with Crippen molar-refractivity contribution in [2.24, 2.45) is 0 Å². The highest BCUT2D eigenvalue weighted by atomic mass is 16.4. The SMILES string of the molecule is Cc1cc(C(=O)CCC(=O)O)cc2oc(=O)[nH]c12. The Morgan fingerprint density at radius 2 is 2.06 bits per heavy atom. The summed E-state index contributed by atoms with van der Waals surface area (Å²) in [6, 6.07) is 3.06. The van der Waals surface area contributed by atoms with Gasteiger partial charge in [0.1, 0.15) is 0 Å². The van der Waals surface area contributed by atoms with Gasteiger partial charge in [0.15, 0.2) is 11.4 Å². The number of oxazole rings is 1. The maximum atomic E-state index is 11.8. The molecule has 1 aromatic carbocycles. The number of aromatic amines is 1. The minimum Gasteiger partial charge on any atom is -0.481 e. The summed E-state index contributed by atoms with van der Waals surface area (Å²) in [5.74, 6) is -1.89. The summed E-state index contributed by atoms with van der Waals surface area (Å²) in [7, 11) is 0. The molecular formula is C12H11NO5. The third-order valence-corrected chi connectivity index (χ3v) is 2.62.